The molecule has 0 spiro atoms. The number of hydrogen-bond donors (Lipinski definition) is 0. The lowest BCUT2D eigenvalue weighted by atomic mass is 10.0. The Labute approximate surface area is 215 Å². The van der Waals surface area contributed by atoms with Crippen molar-refractivity contribution in [1.82, 2.24) is 0 Å². The van der Waals surface area contributed by atoms with Crippen molar-refractivity contribution < 1.29 is 14.0 Å². The van der Waals surface area contributed by atoms with E-state index < -0.39 is 8.32 Å². The molecule has 0 bridgehead atoms. The SMILES string of the molecule is C/C=C(\CC/C=C(\Br)C(=O)OCC)CCCO[Si](c1ccccc1)(c1ccccc1)C(C)(C)C. The topological polar surface area (TPSA) is 35.5 Å². The molecule has 5 heteroatoms. The van der Waals surface area contributed by atoms with E-state index in [4.69, 9.17) is 9.16 Å². The molecule has 0 heterocycles. The van der Waals surface area contributed by atoms with Gasteiger partial charge in [-0.25, -0.2) is 4.79 Å². The summed E-state index contributed by atoms with van der Waals surface area (Å²) in [7, 11) is -2.48. The van der Waals surface area contributed by atoms with Crippen LogP contribution >= 0.6 is 15.9 Å². The van der Waals surface area contributed by atoms with E-state index >= 15 is 0 Å². The van der Waals surface area contributed by atoms with Crippen LogP contribution in [0.1, 0.15) is 60.3 Å². The summed E-state index contributed by atoms with van der Waals surface area (Å²) in [5.74, 6) is -0.303. The van der Waals surface area contributed by atoms with Crippen molar-refractivity contribution >= 4 is 40.6 Å². The van der Waals surface area contributed by atoms with Gasteiger partial charge in [-0.05, 0) is 70.9 Å². The monoisotopic (exact) mass is 542 g/mol. The highest BCUT2D eigenvalue weighted by atomic mass is 79.9. The van der Waals surface area contributed by atoms with E-state index in [2.05, 4.69) is 110 Å². The first kappa shape index (κ1) is 28.3. The largest absolute Gasteiger partial charge is 0.462 e. The minimum Gasteiger partial charge on any atom is -0.462 e. The molecule has 0 fully saturated rings. The van der Waals surface area contributed by atoms with Crippen LogP contribution in [-0.2, 0) is 14.0 Å². The van der Waals surface area contributed by atoms with E-state index in [1.54, 1.807) is 0 Å². The Balaban J connectivity index is 2.09. The van der Waals surface area contributed by atoms with E-state index in [0.717, 1.165) is 25.7 Å². The highest BCUT2D eigenvalue weighted by Gasteiger charge is 2.49. The summed E-state index contributed by atoms with van der Waals surface area (Å²) in [5.41, 5.74) is 1.38. The molecule has 3 nitrogen and oxygen atoms in total. The molecule has 0 aliphatic carbocycles. The zero-order valence-electron chi connectivity index (χ0n) is 21.3. The first-order valence-electron chi connectivity index (χ1n) is 12.2. The molecule has 2 aromatic rings. The summed E-state index contributed by atoms with van der Waals surface area (Å²) in [6, 6.07) is 21.6. The van der Waals surface area contributed by atoms with Crippen LogP contribution in [0, 0.1) is 0 Å². The molecular formula is C29H39BrO3Si. The average Bonchev–Trinajstić information content (AvgIpc) is 2.83. The fourth-order valence-corrected chi connectivity index (χ4v) is 9.32. The zero-order chi connectivity index (χ0) is 25.0. The van der Waals surface area contributed by atoms with Gasteiger partial charge in [0, 0.05) is 6.61 Å². The highest BCUT2D eigenvalue weighted by molar-refractivity contribution is 9.12. The quantitative estimate of drug-likeness (QED) is 0.0960. The number of ether oxygens (including phenoxy) is 1. The fraction of sp³-hybridized carbons (Fsp3) is 0.414. The lowest BCUT2D eigenvalue weighted by Gasteiger charge is -2.43. The van der Waals surface area contributed by atoms with Crippen molar-refractivity contribution in [3.63, 3.8) is 0 Å². The molecule has 0 saturated heterocycles. The van der Waals surface area contributed by atoms with Gasteiger partial charge in [-0.2, -0.15) is 0 Å². The van der Waals surface area contributed by atoms with Gasteiger partial charge in [0.25, 0.3) is 8.32 Å². The van der Waals surface area contributed by atoms with Gasteiger partial charge in [-0.1, -0.05) is 99.2 Å². The molecule has 2 aromatic carbocycles. The second-order valence-electron chi connectivity index (χ2n) is 9.37. The van der Waals surface area contributed by atoms with Crippen LogP contribution in [0.25, 0.3) is 0 Å². The van der Waals surface area contributed by atoms with E-state index in [1.165, 1.54) is 15.9 Å². The van der Waals surface area contributed by atoms with Crippen molar-refractivity contribution in [2.45, 2.75) is 65.3 Å². The van der Waals surface area contributed by atoms with Crippen molar-refractivity contribution in [2.24, 2.45) is 0 Å². The normalized spacial score (nSPS) is 13.1. The minimum atomic E-state index is -2.48. The van der Waals surface area contributed by atoms with Crippen molar-refractivity contribution in [1.29, 1.82) is 0 Å². The maximum Gasteiger partial charge on any atom is 0.344 e. The fourth-order valence-electron chi connectivity index (χ4n) is 4.37. The van der Waals surface area contributed by atoms with E-state index in [0.29, 0.717) is 17.7 Å². The molecular weight excluding hydrogens is 504 g/mol. The third kappa shape index (κ3) is 7.52. The van der Waals surface area contributed by atoms with Gasteiger partial charge in [-0.3, -0.25) is 0 Å². The van der Waals surface area contributed by atoms with E-state index in [9.17, 15) is 4.79 Å². The summed E-state index contributed by atoms with van der Waals surface area (Å²) in [6.45, 7) is 11.9. The Kier molecular flexibility index (Phi) is 11.5. The molecule has 0 unspecified atom stereocenters. The molecule has 0 radical (unpaired) electrons. The number of allylic oxidation sites excluding steroid dienone is 3. The summed E-state index contributed by atoms with van der Waals surface area (Å²) < 4.78 is 12.5. The van der Waals surface area contributed by atoms with Gasteiger partial charge in [-0.15, -0.1) is 0 Å². The lowest BCUT2D eigenvalue weighted by molar-refractivity contribution is -0.137. The molecule has 0 aliphatic heterocycles. The molecule has 0 N–H and O–H groups in total. The molecule has 34 heavy (non-hydrogen) atoms. The number of carbonyl (C=O) groups is 1. The van der Waals surface area contributed by atoms with Gasteiger partial charge in [0.15, 0.2) is 0 Å². The average molecular weight is 544 g/mol. The van der Waals surface area contributed by atoms with E-state index in [-0.39, 0.29) is 11.0 Å². The Morgan fingerprint density at radius 3 is 2.00 bits per heavy atom. The van der Waals surface area contributed by atoms with E-state index in [1.807, 2.05) is 13.0 Å². The smallest absolute Gasteiger partial charge is 0.344 e. The van der Waals surface area contributed by atoms with Crippen LogP contribution in [0.5, 0.6) is 0 Å². The first-order valence-corrected chi connectivity index (χ1v) is 14.9. The zero-order valence-corrected chi connectivity index (χ0v) is 23.9. The van der Waals surface area contributed by atoms with Crippen LogP contribution in [0.4, 0.5) is 0 Å². The van der Waals surface area contributed by atoms with Crippen LogP contribution in [0.15, 0.2) is 82.9 Å². The first-order chi connectivity index (χ1) is 16.3. The van der Waals surface area contributed by atoms with Crippen molar-refractivity contribution in [3.05, 3.63) is 82.9 Å². The van der Waals surface area contributed by atoms with Crippen molar-refractivity contribution in [2.75, 3.05) is 13.2 Å². The Morgan fingerprint density at radius 1 is 0.971 bits per heavy atom. The number of carbonyl (C=O) groups excluding carboxylic acids is 1. The van der Waals surface area contributed by atoms with Crippen molar-refractivity contribution in [3.8, 4) is 0 Å². The number of benzene rings is 2. The van der Waals surface area contributed by atoms with Gasteiger partial charge in [0.05, 0.1) is 11.1 Å². The summed E-state index contributed by atoms with van der Waals surface area (Å²) in [4.78, 5) is 11.7. The number of rotatable bonds is 12. The molecule has 0 atom stereocenters. The maximum atomic E-state index is 11.7. The number of hydrogen-bond acceptors (Lipinski definition) is 3. The Bertz CT molecular complexity index is 907. The lowest BCUT2D eigenvalue weighted by Crippen LogP contribution is -2.66. The highest BCUT2D eigenvalue weighted by Crippen LogP contribution is 2.37. The van der Waals surface area contributed by atoms with Gasteiger partial charge in [0.1, 0.15) is 0 Å². The molecule has 0 aliphatic rings. The summed E-state index contributed by atoms with van der Waals surface area (Å²) >= 11 is 3.32. The van der Waals surface area contributed by atoms with Crippen LogP contribution < -0.4 is 10.4 Å². The number of esters is 1. The number of halogens is 1. The predicted octanol–water partition coefficient (Wildman–Crippen LogP) is 6.91. The molecule has 0 saturated carbocycles. The molecule has 2 rings (SSSR count). The summed E-state index contributed by atoms with van der Waals surface area (Å²) in [6.07, 6.45) is 7.76. The van der Waals surface area contributed by atoms with Crippen LogP contribution in [0.2, 0.25) is 5.04 Å². The molecule has 0 amide bonds. The third-order valence-corrected chi connectivity index (χ3v) is 11.7. The van der Waals surface area contributed by atoms with Crippen LogP contribution in [0.3, 0.4) is 0 Å². The maximum absolute atomic E-state index is 11.7. The summed E-state index contributed by atoms with van der Waals surface area (Å²) in [5, 5.41) is 2.62. The minimum absolute atomic E-state index is 0.0106. The predicted molar refractivity (Wildman–Crippen MR) is 149 cm³/mol. The van der Waals surface area contributed by atoms with Gasteiger partial charge >= 0.3 is 5.97 Å². The van der Waals surface area contributed by atoms with Crippen LogP contribution in [-0.4, -0.2) is 27.5 Å². The van der Waals surface area contributed by atoms with Gasteiger partial charge in [0.2, 0.25) is 0 Å². The standard InChI is InChI=1S/C29H39BrO3Si/c1-6-24(16-14-22-27(30)28(31)32-7-2)17-15-23-33-34(29(3,4)5,25-18-10-8-11-19-25)26-20-12-9-13-21-26/h6,8-13,18-22H,7,14-17,23H2,1-5H3/b24-6+,27-22-. The van der Waals surface area contributed by atoms with Gasteiger partial charge < -0.3 is 9.16 Å². The third-order valence-electron chi connectivity index (χ3n) is 6.05. The molecule has 184 valence electrons. The Morgan fingerprint density at radius 2 is 1.53 bits per heavy atom. The second-order valence-corrected chi connectivity index (χ2v) is 14.5. The second kappa shape index (κ2) is 13.8. The Hall–Kier alpha value is -1.95. The molecule has 0 aromatic heterocycles.